The van der Waals surface area contributed by atoms with Crippen molar-refractivity contribution in [1.29, 1.82) is 0 Å². The fraction of sp³-hybridized carbons (Fsp3) is 0.321. The Morgan fingerprint density at radius 3 is 2.24 bits per heavy atom. The molecule has 111 heavy (non-hydrogen) atoms. The van der Waals surface area contributed by atoms with E-state index >= 15 is 8.78 Å². The van der Waals surface area contributed by atoms with Crippen molar-refractivity contribution in [3.05, 3.63) is 408 Å². The van der Waals surface area contributed by atoms with Crippen LogP contribution in [-0.4, -0.2) is 34.2 Å². The first-order chi connectivity index (χ1) is 54.3. The molecule has 0 N–H and O–H groups in total. The monoisotopic (exact) mass is 1460 g/mol. The molecule has 0 saturated heterocycles. The number of aryl methyl sites for hydroxylation is 2. The molecule has 3 nitrogen and oxygen atoms in total. The summed E-state index contributed by atoms with van der Waals surface area (Å²) in [5, 5.41) is 0. The molecule has 1 aliphatic heterocycles. The number of ether oxygens (including phenoxy) is 1. The number of benzene rings is 4. The van der Waals surface area contributed by atoms with Crippen molar-refractivity contribution in [3.8, 4) is 0 Å². The fourth-order valence-electron chi connectivity index (χ4n) is 22.6. The number of alkyl halides is 1. The zero-order valence-corrected chi connectivity index (χ0v) is 65.2. The first kappa shape index (κ1) is 71.2. The van der Waals surface area contributed by atoms with Crippen molar-refractivity contribution in [3.63, 3.8) is 0 Å². The minimum absolute atomic E-state index is 0.00800. The highest BCUT2D eigenvalue weighted by atomic mass is 19.1. The molecule has 0 radical (unpaired) electrons. The number of allylic oxidation sites excluding steroid dienone is 36. The van der Waals surface area contributed by atoms with Crippen LogP contribution in [0.2, 0.25) is 0 Å². The van der Waals surface area contributed by atoms with Gasteiger partial charge in [-0.1, -0.05) is 255 Å². The molecule has 5 heteroatoms. The lowest BCUT2D eigenvalue weighted by Gasteiger charge is -2.48. The van der Waals surface area contributed by atoms with Gasteiger partial charge in [-0.3, -0.25) is 0 Å². The molecule has 1 heterocycles. The Labute approximate surface area is 658 Å². The van der Waals surface area contributed by atoms with Crippen molar-refractivity contribution >= 4 is 17.2 Å². The lowest BCUT2D eigenvalue weighted by Crippen LogP contribution is -2.44. The summed E-state index contributed by atoms with van der Waals surface area (Å²) >= 11 is 0. The minimum Gasteiger partial charge on any atom is -0.485 e. The predicted octanol–water partition coefficient (Wildman–Crippen LogP) is 26.4. The molecule has 0 fully saturated rings. The van der Waals surface area contributed by atoms with E-state index in [1.807, 2.05) is 24.3 Å². The third-order valence-electron chi connectivity index (χ3n) is 28.0. The van der Waals surface area contributed by atoms with E-state index in [1.165, 1.54) is 117 Å². The molecule has 13 atom stereocenters. The Kier molecular flexibility index (Phi) is 18.7. The van der Waals surface area contributed by atoms with Gasteiger partial charge in [-0.05, 0) is 284 Å². The fourth-order valence-corrected chi connectivity index (χ4v) is 22.6. The van der Waals surface area contributed by atoms with Crippen LogP contribution in [0.3, 0.4) is 0 Å². The predicted molar refractivity (Wildman–Crippen MR) is 456 cm³/mol. The molecule has 0 bridgehead atoms. The van der Waals surface area contributed by atoms with Gasteiger partial charge < -0.3 is 14.5 Å². The molecular formula is C106H104F2N2O. The quantitative estimate of drug-likeness (QED) is 0.104. The van der Waals surface area contributed by atoms with Crippen molar-refractivity contribution < 1.29 is 13.5 Å². The zero-order valence-electron chi connectivity index (χ0n) is 65.2. The standard InChI is InChI=1S/C106H104F2N2O/c1-7-71-27-31-73(32-28-71)75-35-41-81(42-36-75)105(99-59-67(3)23-25-69(99)5)97-21-11-9-19-91(97)93-55-39-79(63-101(93)105)77-15-13-17-87(61-77)109(85-49-45-83(107)46-50-85)89-53-57-95-96-58-54-90(66-104(96)111-103(95)65-89)110(86-51-47-84(108)48-52-86)88-18-14-16-78(62-88)80-40-56-94-92-20-10-12-22-98(92)106(102(94)64-80,100-60-68(4)24-26-70(100)6)82-43-37-76(38-44-82)74-33-29-72(8-2)30-34-74/h7-9,12,14-16,19,22-25,27-31,33-43,45,47,49-50,53,55-57,59-62,64-66,70,73,79,82-83,86,88,92,95,98,103H,1-2,10-11,13,17-18,20-21,26,32,44,46,48,51-52,54,58,63H2,3-6H3. The van der Waals surface area contributed by atoms with Gasteiger partial charge in [-0.15, -0.1) is 0 Å². The van der Waals surface area contributed by atoms with E-state index in [-0.39, 0.29) is 47.2 Å². The molecule has 0 saturated carbocycles. The molecule has 14 aliphatic carbocycles. The van der Waals surface area contributed by atoms with Gasteiger partial charge in [0.2, 0.25) is 0 Å². The molecular weight excluding hydrogens is 1360 g/mol. The Morgan fingerprint density at radius 1 is 0.586 bits per heavy atom. The van der Waals surface area contributed by atoms with E-state index in [0.29, 0.717) is 42.9 Å². The number of hydrogen-bond acceptors (Lipinski definition) is 3. The summed E-state index contributed by atoms with van der Waals surface area (Å²) in [5.41, 5.74) is 32.6. The molecule has 4 aromatic rings. The molecule has 558 valence electrons. The summed E-state index contributed by atoms with van der Waals surface area (Å²) in [7, 11) is 0. The maximum absolute atomic E-state index is 15.3. The smallest absolute Gasteiger partial charge is 0.129 e. The Hall–Kier alpha value is -10.1. The Balaban J connectivity index is 0.624. The number of fused-ring (bicyclic) bond motifs is 6. The summed E-state index contributed by atoms with van der Waals surface area (Å²) < 4.78 is 38.0. The number of halogens is 2. The van der Waals surface area contributed by atoms with Crippen LogP contribution in [0.15, 0.2) is 353 Å². The van der Waals surface area contributed by atoms with Crippen molar-refractivity contribution in [2.24, 2.45) is 29.6 Å². The van der Waals surface area contributed by atoms with Gasteiger partial charge in [0.15, 0.2) is 0 Å². The molecule has 0 aromatic heterocycles. The normalized spacial score (nSPS) is 30.7. The maximum Gasteiger partial charge on any atom is 0.129 e. The van der Waals surface area contributed by atoms with Crippen LogP contribution in [0.5, 0.6) is 0 Å². The summed E-state index contributed by atoms with van der Waals surface area (Å²) in [4.78, 5) is 5.13. The van der Waals surface area contributed by atoms with E-state index in [4.69, 9.17) is 4.74 Å². The van der Waals surface area contributed by atoms with Gasteiger partial charge in [0.25, 0.3) is 0 Å². The molecule has 13 unspecified atom stereocenters. The van der Waals surface area contributed by atoms with Crippen molar-refractivity contribution in [2.75, 3.05) is 0 Å². The minimum atomic E-state index is -1.02. The average Bonchev–Trinajstić information content (AvgIpc) is 1.55. The van der Waals surface area contributed by atoms with Crippen LogP contribution in [0.25, 0.3) is 17.2 Å². The molecule has 15 aliphatic rings. The maximum atomic E-state index is 15.3. The van der Waals surface area contributed by atoms with E-state index in [2.05, 4.69) is 281 Å². The highest BCUT2D eigenvalue weighted by molar-refractivity contribution is 5.80. The van der Waals surface area contributed by atoms with Crippen LogP contribution in [-0.2, 0) is 15.6 Å². The summed E-state index contributed by atoms with van der Waals surface area (Å²) in [5.74, 6) is 3.04. The highest BCUT2D eigenvalue weighted by Crippen LogP contribution is 2.66. The Morgan fingerprint density at radius 2 is 1.44 bits per heavy atom. The molecule has 0 amide bonds. The van der Waals surface area contributed by atoms with Crippen molar-refractivity contribution in [2.45, 2.75) is 184 Å². The van der Waals surface area contributed by atoms with Gasteiger partial charge in [0.05, 0.1) is 17.3 Å². The van der Waals surface area contributed by atoms with Crippen LogP contribution >= 0.6 is 0 Å². The zero-order chi connectivity index (χ0) is 75.2. The van der Waals surface area contributed by atoms with Crippen LogP contribution in [0.4, 0.5) is 8.78 Å². The average molecular weight is 1460 g/mol. The number of rotatable bonds is 16. The first-order valence-corrected chi connectivity index (χ1v) is 41.9. The van der Waals surface area contributed by atoms with Crippen LogP contribution < -0.4 is 0 Å². The lowest BCUT2D eigenvalue weighted by atomic mass is 9.54. The van der Waals surface area contributed by atoms with Crippen LogP contribution in [0, 0.1) is 43.4 Å². The molecule has 0 spiro atoms. The second kappa shape index (κ2) is 29.2. The first-order valence-electron chi connectivity index (χ1n) is 41.9. The van der Waals surface area contributed by atoms with Gasteiger partial charge in [0, 0.05) is 64.8 Å². The second-order valence-electron chi connectivity index (χ2n) is 34.2. The van der Waals surface area contributed by atoms with Crippen LogP contribution in [0.1, 0.15) is 190 Å². The molecule has 19 rings (SSSR count). The highest BCUT2D eigenvalue weighted by Gasteiger charge is 2.58. The summed E-state index contributed by atoms with van der Waals surface area (Å²) in [6, 6.07) is 33.6. The second-order valence-corrected chi connectivity index (χ2v) is 34.2. The lowest BCUT2D eigenvalue weighted by molar-refractivity contribution is 0.165. The Bertz CT molecular complexity index is 5310. The van der Waals surface area contributed by atoms with E-state index in [1.54, 1.807) is 11.6 Å². The van der Waals surface area contributed by atoms with Gasteiger partial charge >= 0.3 is 0 Å². The number of hydrogen-bond donors (Lipinski definition) is 0. The largest absolute Gasteiger partial charge is 0.485 e. The summed E-state index contributed by atoms with van der Waals surface area (Å²) in [6.45, 7) is 17.4. The third kappa shape index (κ3) is 12.4. The third-order valence-corrected chi connectivity index (χ3v) is 28.0. The van der Waals surface area contributed by atoms with Gasteiger partial charge in [-0.25, -0.2) is 8.78 Å². The molecule has 4 aromatic carbocycles. The summed E-state index contributed by atoms with van der Waals surface area (Å²) in [6.07, 6.45) is 81.4. The van der Waals surface area contributed by atoms with Crippen molar-refractivity contribution in [1.82, 2.24) is 9.80 Å². The SMILES string of the molecule is C=CC1=CCC(c2ccc(C3(c4cc(C)ccc4C)C4=C(C=CCC4)C4=C3CC(C3=CCCC(N(C5=CCC(F)C=C5)C5=CC6OC7=C(CCC(N(C8C=C(c9ccc%10c(c9)C(C9=CC(C)=CCC9C)(C9C=CC(c%11ccc(C=C)cc%11)=CC9)C9C=CCCC%109)C=CC8)C8CC=C(F)CC8)=C7)C6C=C5)=C3)C=C4)cc2)C=C1. The topological polar surface area (TPSA) is 15.7 Å². The number of nitrogens with zero attached hydrogens (tertiary/aromatic N) is 2. The van der Waals surface area contributed by atoms with Gasteiger partial charge in [0.1, 0.15) is 18.0 Å². The van der Waals surface area contributed by atoms with E-state index < -0.39 is 11.6 Å². The van der Waals surface area contributed by atoms with E-state index in [0.717, 1.165) is 113 Å². The van der Waals surface area contributed by atoms with Gasteiger partial charge in [-0.2, -0.15) is 0 Å². The van der Waals surface area contributed by atoms with E-state index in [9.17, 15) is 0 Å².